The summed E-state index contributed by atoms with van der Waals surface area (Å²) in [5, 5.41) is 5.87. The average Bonchev–Trinajstić information content (AvgIpc) is 3.39. The molecule has 3 aromatic rings. The van der Waals surface area contributed by atoms with Crippen LogP contribution >= 0.6 is 27.3 Å². The lowest BCUT2D eigenvalue weighted by atomic mass is 10.2. The number of carbonyl (C=O) groups is 1. The van der Waals surface area contributed by atoms with Crippen molar-refractivity contribution >= 4 is 39.0 Å². The summed E-state index contributed by atoms with van der Waals surface area (Å²) >= 11 is 5.04. The molecule has 5 nitrogen and oxygen atoms in total. The molecule has 0 bridgehead atoms. The molecular weight excluding hydrogens is 436 g/mol. The van der Waals surface area contributed by atoms with E-state index in [-0.39, 0.29) is 12.3 Å². The third-order valence-electron chi connectivity index (χ3n) is 4.69. The van der Waals surface area contributed by atoms with Gasteiger partial charge < -0.3 is 10.2 Å². The zero-order valence-electron chi connectivity index (χ0n) is 15.4. The molecule has 1 saturated heterocycles. The van der Waals surface area contributed by atoms with Gasteiger partial charge in [0.1, 0.15) is 10.8 Å². The third kappa shape index (κ3) is 4.77. The number of benzene rings is 1. The standard InChI is InChI=1S/C21H21BrN4OS/c22-17-5-3-4-16(11-17)21-25-18(14-28-21)12-20(27)24-13-15-6-7-23-19(10-15)26-8-1-2-9-26/h3-7,10-11,14H,1-2,8-9,12-13H2,(H,24,27). The van der Waals surface area contributed by atoms with E-state index in [2.05, 4.69) is 42.2 Å². The number of nitrogens with zero attached hydrogens (tertiary/aromatic N) is 3. The Morgan fingerprint density at radius 3 is 2.89 bits per heavy atom. The maximum absolute atomic E-state index is 12.3. The second-order valence-corrected chi connectivity index (χ2v) is 8.60. The maximum atomic E-state index is 12.3. The van der Waals surface area contributed by atoms with Gasteiger partial charge in [0.25, 0.3) is 0 Å². The number of carbonyl (C=O) groups excluding carboxylic acids is 1. The number of aromatic nitrogens is 2. The first-order valence-corrected chi connectivity index (χ1v) is 11.0. The fourth-order valence-corrected chi connectivity index (χ4v) is 4.48. The molecule has 0 saturated carbocycles. The van der Waals surface area contributed by atoms with Crippen LogP contribution in [-0.4, -0.2) is 29.0 Å². The predicted octanol–water partition coefficient (Wildman–Crippen LogP) is 4.43. The topological polar surface area (TPSA) is 58.1 Å². The molecule has 1 aliphatic heterocycles. The van der Waals surface area contributed by atoms with E-state index in [4.69, 9.17) is 0 Å². The molecule has 3 heterocycles. The largest absolute Gasteiger partial charge is 0.357 e. The van der Waals surface area contributed by atoms with E-state index >= 15 is 0 Å². The minimum Gasteiger partial charge on any atom is -0.357 e. The van der Waals surface area contributed by atoms with Crippen molar-refractivity contribution in [2.75, 3.05) is 18.0 Å². The van der Waals surface area contributed by atoms with Gasteiger partial charge in [-0.05, 0) is 42.7 Å². The van der Waals surface area contributed by atoms with Gasteiger partial charge in [0.2, 0.25) is 5.91 Å². The summed E-state index contributed by atoms with van der Waals surface area (Å²) in [6.45, 7) is 2.63. The van der Waals surface area contributed by atoms with Gasteiger partial charge in [-0.25, -0.2) is 9.97 Å². The zero-order valence-corrected chi connectivity index (χ0v) is 17.8. The Labute approximate surface area is 177 Å². The number of pyridine rings is 1. The van der Waals surface area contributed by atoms with Crippen molar-refractivity contribution < 1.29 is 4.79 Å². The smallest absolute Gasteiger partial charge is 0.226 e. The number of hydrogen-bond acceptors (Lipinski definition) is 5. The summed E-state index contributed by atoms with van der Waals surface area (Å²) in [6, 6.07) is 12.0. The van der Waals surface area contributed by atoms with Crippen molar-refractivity contribution in [3.63, 3.8) is 0 Å². The summed E-state index contributed by atoms with van der Waals surface area (Å²) in [5.41, 5.74) is 2.92. The molecule has 0 spiro atoms. The summed E-state index contributed by atoms with van der Waals surface area (Å²) in [6.07, 6.45) is 4.55. The lowest BCUT2D eigenvalue weighted by molar-refractivity contribution is -0.120. The predicted molar refractivity (Wildman–Crippen MR) is 116 cm³/mol. The molecule has 144 valence electrons. The quantitative estimate of drug-likeness (QED) is 0.595. The van der Waals surface area contributed by atoms with Gasteiger partial charge in [-0.2, -0.15) is 0 Å². The maximum Gasteiger partial charge on any atom is 0.226 e. The van der Waals surface area contributed by atoms with E-state index in [1.807, 2.05) is 41.9 Å². The number of thiazole rings is 1. The molecule has 28 heavy (non-hydrogen) atoms. The molecule has 1 amide bonds. The molecule has 2 aromatic heterocycles. The second-order valence-electron chi connectivity index (χ2n) is 6.82. The van der Waals surface area contributed by atoms with E-state index < -0.39 is 0 Å². The molecule has 0 atom stereocenters. The van der Waals surface area contributed by atoms with Gasteiger partial charge in [0.05, 0.1) is 12.1 Å². The monoisotopic (exact) mass is 456 g/mol. The Kier molecular flexibility index (Phi) is 6.02. The molecule has 4 rings (SSSR count). The summed E-state index contributed by atoms with van der Waals surface area (Å²) < 4.78 is 1.02. The molecule has 1 aromatic carbocycles. The van der Waals surface area contributed by atoms with Crippen molar-refractivity contribution in [2.24, 2.45) is 0 Å². The highest BCUT2D eigenvalue weighted by Gasteiger charge is 2.14. The van der Waals surface area contributed by atoms with Gasteiger partial charge in [-0.1, -0.05) is 28.1 Å². The Balaban J connectivity index is 1.33. The number of amides is 1. The highest BCUT2D eigenvalue weighted by Crippen LogP contribution is 2.26. The van der Waals surface area contributed by atoms with Crippen molar-refractivity contribution in [1.82, 2.24) is 15.3 Å². The molecule has 7 heteroatoms. The van der Waals surface area contributed by atoms with Crippen LogP contribution in [0.4, 0.5) is 5.82 Å². The van der Waals surface area contributed by atoms with E-state index in [1.54, 1.807) is 11.3 Å². The van der Waals surface area contributed by atoms with E-state index in [0.717, 1.165) is 45.2 Å². The van der Waals surface area contributed by atoms with Gasteiger partial charge in [0.15, 0.2) is 0 Å². The van der Waals surface area contributed by atoms with Crippen LogP contribution in [0, 0.1) is 0 Å². The number of nitrogens with one attached hydrogen (secondary N) is 1. The highest BCUT2D eigenvalue weighted by atomic mass is 79.9. The average molecular weight is 457 g/mol. The van der Waals surface area contributed by atoms with Crippen molar-refractivity contribution in [1.29, 1.82) is 0 Å². The zero-order chi connectivity index (χ0) is 19.3. The molecular formula is C21H21BrN4OS. The van der Waals surface area contributed by atoms with Crippen molar-refractivity contribution in [3.05, 3.63) is 63.7 Å². The Hall–Kier alpha value is -2.25. The second kappa shape index (κ2) is 8.84. The minimum atomic E-state index is -0.0226. The van der Waals surface area contributed by atoms with Crippen LogP contribution in [0.2, 0.25) is 0 Å². The summed E-state index contributed by atoms with van der Waals surface area (Å²) in [5.74, 6) is 0.980. The molecule has 1 fully saturated rings. The first kappa shape index (κ1) is 19.1. The highest BCUT2D eigenvalue weighted by molar-refractivity contribution is 9.10. The van der Waals surface area contributed by atoms with Crippen LogP contribution in [0.3, 0.4) is 0 Å². The van der Waals surface area contributed by atoms with Crippen LogP contribution in [0.5, 0.6) is 0 Å². The van der Waals surface area contributed by atoms with Crippen LogP contribution < -0.4 is 10.2 Å². The minimum absolute atomic E-state index is 0.0226. The molecule has 0 unspecified atom stereocenters. The molecule has 1 aliphatic rings. The normalized spacial score (nSPS) is 13.7. The van der Waals surface area contributed by atoms with Gasteiger partial charge in [-0.15, -0.1) is 11.3 Å². The molecule has 1 N–H and O–H groups in total. The first-order valence-electron chi connectivity index (χ1n) is 9.34. The van der Waals surface area contributed by atoms with Gasteiger partial charge in [-0.3, -0.25) is 4.79 Å². The van der Waals surface area contributed by atoms with Crippen molar-refractivity contribution in [3.8, 4) is 10.6 Å². The first-order chi connectivity index (χ1) is 13.7. The van der Waals surface area contributed by atoms with Crippen LogP contribution in [0.15, 0.2) is 52.4 Å². The van der Waals surface area contributed by atoms with Crippen LogP contribution in [0.25, 0.3) is 10.6 Å². The van der Waals surface area contributed by atoms with Gasteiger partial charge >= 0.3 is 0 Å². The number of rotatable bonds is 6. The lowest BCUT2D eigenvalue weighted by Gasteiger charge is -2.16. The Morgan fingerprint density at radius 2 is 2.07 bits per heavy atom. The number of anilines is 1. The van der Waals surface area contributed by atoms with Crippen LogP contribution in [-0.2, 0) is 17.8 Å². The van der Waals surface area contributed by atoms with E-state index in [9.17, 15) is 4.79 Å². The van der Waals surface area contributed by atoms with Gasteiger partial charge in [0, 0.05) is 41.2 Å². The third-order valence-corrected chi connectivity index (χ3v) is 6.13. The fraction of sp³-hybridized carbons (Fsp3) is 0.286. The van der Waals surface area contributed by atoms with Crippen LogP contribution in [0.1, 0.15) is 24.1 Å². The molecule has 0 radical (unpaired) electrons. The summed E-state index contributed by atoms with van der Waals surface area (Å²) in [7, 11) is 0. The lowest BCUT2D eigenvalue weighted by Crippen LogP contribution is -2.25. The SMILES string of the molecule is O=C(Cc1csc(-c2cccc(Br)c2)n1)NCc1ccnc(N2CCCC2)c1. The Morgan fingerprint density at radius 1 is 1.21 bits per heavy atom. The van der Waals surface area contributed by atoms with E-state index in [0.29, 0.717) is 6.54 Å². The number of halogens is 1. The molecule has 0 aliphatic carbocycles. The number of hydrogen-bond donors (Lipinski definition) is 1. The Bertz CT molecular complexity index is 968. The summed E-state index contributed by atoms with van der Waals surface area (Å²) in [4.78, 5) is 23.7. The van der Waals surface area contributed by atoms with E-state index in [1.165, 1.54) is 12.8 Å². The fourth-order valence-electron chi connectivity index (χ4n) is 3.26. The van der Waals surface area contributed by atoms with Crippen molar-refractivity contribution in [2.45, 2.75) is 25.8 Å².